The Labute approximate surface area is 72.7 Å². The molecule has 1 aliphatic heterocycles. The molecule has 12 heavy (non-hydrogen) atoms. The van der Waals surface area contributed by atoms with Gasteiger partial charge in [-0.05, 0) is 18.8 Å². The van der Waals surface area contributed by atoms with E-state index >= 15 is 0 Å². The summed E-state index contributed by atoms with van der Waals surface area (Å²) in [6.45, 7) is 4.18. The van der Waals surface area contributed by atoms with E-state index < -0.39 is 5.97 Å². The minimum atomic E-state index is -0.867. The van der Waals surface area contributed by atoms with E-state index in [2.05, 4.69) is 11.8 Å². The van der Waals surface area contributed by atoms with E-state index in [1.165, 1.54) is 18.9 Å². The number of hydrogen-bond donors (Lipinski definition) is 1. The van der Waals surface area contributed by atoms with Gasteiger partial charge in [-0.25, -0.2) is 4.79 Å². The van der Waals surface area contributed by atoms with E-state index in [1.807, 2.05) is 0 Å². The molecule has 1 fully saturated rings. The number of likely N-dealkylation sites (tertiary alicyclic amines) is 1. The van der Waals surface area contributed by atoms with E-state index in [0.29, 0.717) is 5.92 Å². The number of carboxylic acids is 1. The van der Waals surface area contributed by atoms with Crippen LogP contribution in [0.3, 0.4) is 0 Å². The maximum atomic E-state index is 10.2. The molecule has 0 bridgehead atoms. The second-order valence-electron chi connectivity index (χ2n) is 3.40. The van der Waals surface area contributed by atoms with Crippen LogP contribution in [0.2, 0.25) is 0 Å². The number of hydrogen-bond acceptors (Lipinski definition) is 2. The topological polar surface area (TPSA) is 40.5 Å². The van der Waals surface area contributed by atoms with E-state index in [9.17, 15) is 4.79 Å². The van der Waals surface area contributed by atoms with Crippen molar-refractivity contribution in [3.8, 4) is 0 Å². The highest BCUT2D eigenvalue weighted by Gasteiger charge is 2.12. The standard InChI is InChI=1S/C9H15NO2/c1-8-3-2-5-10(7-8)6-4-9(11)12/h4,6,8H,2-3,5,7H2,1H3,(H,11,12). The zero-order valence-electron chi connectivity index (χ0n) is 7.36. The monoisotopic (exact) mass is 169 g/mol. The van der Waals surface area contributed by atoms with Crippen molar-refractivity contribution in [2.45, 2.75) is 19.8 Å². The summed E-state index contributed by atoms with van der Waals surface area (Å²) < 4.78 is 0. The second-order valence-corrected chi connectivity index (χ2v) is 3.40. The molecule has 1 unspecified atom stereocenters. The van der Waals surface area contributed by atoms with Crippen molar-refractivity contribution in [1.29, 1.82) is 0 Å². The predicted molar refractivity (Wildman–Crippen MR) is 46.7 cm³/mol. The van der Waals surface area contributed by atoms with Crippen LogP contribution in [0.25, 0.3) is 0 Å². The molecule has 0 spiro atoms. The van der Waals surface area contributed by atoms with Crippen molar-refractivity contribution in [2.75, 3.05) is 13.1 Å². The number of carbonyl (C=O) groups is 1. The molecule has 0 saturated carbocycles. The minimum Gasteiger partial charge on any atom is -0.478 e. The van der Waals surface area contributed by atoms with E-state index in [1.54, 1.807) is 6.20 Å². The van der Waals surface area contributed by atoms with Gasteiger partial charge in [0.15, 0.2) is 0 Å². The third kappa shape index (κ3) is 2.95. The third-order valence-corrected chi connectivity index (χ3v) is 2.12. The Balaban J connectivity index is 2.36. The third-order valence-electron chi connectivity index (χ3n) is 2.12. The molecule has 0 aromatic heterocycles. The SMILES string of the molecule is CC1CCCN(C=CC(=O)O)C1. The maximum absolute atomic E-state index is 10.2. The fraction of sp³-hybridized carbons (Fsp3) is 0.667. The van der Waals surface area contributed by atoms with Crippen molar-refractivity contribution in [3.05, 3.63) is 12.3 Å². The average Bonchev–Trinajstić information content (AvgIpc) is 2.01. The molecule has 0 aromatic rings. The van der Waals surface area contributed by atoms with Crippen LogP contribution in [-0.2, 0) is 4.79 Å². The fourth-order valence-corrected chi connectivity index (χ4v) is 1.53. The first-order chi connectivity index (χ1) is 5.68. The Morgan fingerprint density at radius 1 is 1.67 bits per heavy atom. The van der Waals surface area contributed by atoms with Crippen molar-refractivity contribution in [1.82, 2.24) is 4.90 Å². The minimum absolute atomic E-state index is 0.692. The van der Waals surface area contributed by atoms with E-state index in [-0.39, 0.29) is 0 Å². The van der Waals surface area contributed by atoms with Crippen molar-refractivity contribution in [3.63, 3.8) is 0 Å². The zero-order valence-corrected chi connectivity index (χ0v) is 7.36. The van der Waals surface area contributed by atoms with Gasteiger partial charge in [0.1, 0.15) is 0 Å². The van der Waals surface area contributed by atoms with Crippen LogP contribution < -0.4 is 0 Å². The van der Waals surface area contributed by atoms with Crippen molar-refractivity contribution < 1.29 is 9.90 Å². The van der Waals surface area contributed by atoms with Gasteiger partial charge in [-0.2, -0.15) is 0 Å². The van der Waals surface area contributed by atoms with Gasteiger partial charge >= 0.3 is 5.97 Å². The molecule has 0 aromatic carbocycles. The molecule has 0 aliphatic carbocycles. The molecule has 0 radical (unpaired) electrons. The summed E-state index contributed by atoms with van der Waals surface area (Å²) in [7, 11) is 0. The molecule has 1 rings (SSSR count). The summed E-state index contributed by atoms with van der Waals surface area (Å²) in [5.74, 6) is -0.176. The summed E-state index contributed by atoms with van der Waals surface area (Å²) in [5.41, 5.74) is 0. The van der Waals surface area contributed by atoms with Gasteiger partial charge in [-0.15, -0.1) is 0 Å². The van der Waals surface area contributed by atoms with Crippen LogP contribution in [0.1, 0.15) is 19.8 Å². The van der Waals surface area contributed by atoms with Crippen molar-refractivity contribution in [2.24, 2.45) is 5.92 Å². The number of carboxylic acid groups (broad SMARTS) is 1. The largest absolute Gasteiger partial charge is 0.478 e. The van der Waals surface area contributed by atoms with E-state index in [4.69, 9.17) is 5.11 Å². The van der Waals surface area contributed by atoms with Crippen LogP contribution in [-0.4, -0.2) is 29.1 Å². The zero-order chi connectivity index (χ0) is 8.97. The molecular formula is C9H15NO2. The van der Waals surface area contributed by atoms with Crippen molar-refractivity contribution >= 4 is 5.97 Å². The predicted octanol–water partition coefficient (Wildman–Crippen LogP) is 1.32. The Morgan fingerprint density at radius 2 is 2.42 bits per heavy atom. The number of rotatable bonds is 2. The molecule has 68 valence electrons. The lowest BCUT2D eigenvalue weighted by Crippen LogP contribution is -2.29. The van der Waals surface area contributed by atoms with Crippen LogP contribution in [0.15, 0.2) is 12.3 Å². The van der Waals surface area contributed by atoms with Gasteiger partial charge in [0.2, 0.25) is 0 Å². The van der Waals surface area contributed by atoms with Crippen LogP contribution >= 0.6 is 0 Å². The fourth-order valence-electron chi connectivity index (χ4n) is 1.53. The lowest BCUT2D eigenvalue weighted by atomic mass is 10.0. The van der Waals surface area contributed by atoms with Crippen LogP contribution in [0, 0.1) is 5.92 Å². The first-order valence-corrected chi connectivity index (χ1v) is 4.33. The Kier molecular flexibility index (Phi) is 3.14. The first kappa shape index (κ1) is 9.10. The summed E-state index contributed by atoms with van der Waals surface area (Å²) in [6.07, 6.45) is 5.32. The number of aliphatic carboxylic acids is 1. The van der Waals surface area contributed by atoms with E-state index in [0.717, 1.165) is 13.1 Å². The molecule has 1 atom stereocenters. The molecule has 1 saturated heterocycles. The molecule has 3 heteroatoms. The first-order valence-electron chi connectivity index (χ1n) is 4.33. The Bertz CT molecular complexity index is 189. The Hall–Kier alpha value is -0.990. The maximum Gasteiger partial charge on any atom is 0.329 e. The number of nitrogens with zero attached hydrogens (tertiary/aromatic N) is 1. The van der Waals surface area contributed by atoms with Crippen LogP contribution in [0.4, 0.5) is 0 Å². The molecule has 3 nitrogen and oxygen atoms in total. The van der Waals surface area contributed by atoms with Gasteiger partial charge in [0.05, 0.1) is 0 Å². The number of piperidine rings is 1. The van der Waals surface area contributed by atoms with Gasteiger partial charge in [-0.3, -0.25) is 0 Å². The highest BCUT2D eigenvalue weighted by atomic mass is 16.4. The summed E-state index contributed by atoms with van der Waals surface area (Å²) in [5, 5.41) is 8.40. The average molecular weight is 169 g/mol. The smallest absolute Gasteiger partial charge is 0.329 e. The van der Waals surface area contributed by atoms with Gasteiger partial charge in [0.25, 0.3) is 0 Å². The van der Waals surface area contributed by atoms with Gasteiger partial charge in [-0.1, -0.05) is 6.92 Å². The lowest BCUT2D eigenvalue weighted by Gasteiger charge is -2.29. The molecule has 1 heterocycles. The molecule has 1 aliphatic rings. The quantitative estimate of drug-likeness (QED) is 0.634. The normalized spacial score (nSPS) is 24.8. The highest BCUT2D eigenvalue weighted by molar-refractivity contribution is 5.79. The Morgan fingerprint density at radius 3 is 3.00 bits per heavy atom. The summed E-state index contributed by atoms with van der Waals surface area (Å²) >= 11 is 0. The summed E-state index contributed by atoms with van der Waals surface area (Å²) in [6, 6.07) is 0. The summed E-state index contributed by atoms with van der Waals surface area (Å²) in [4.78, 5) is 12.3. The second kappa shape index (κ2) is 4.14. The molecule has 0 amide bonds. The lowest BCUT2D eigenvalue weighted by molar-refractivity contribution is -0.131. The van der Waals surface area contributed by atoms with Crippen LogP contribution in [0.5, 0.6) is 0 Å². The van der Waals surface area contributed by atoms with Gasteiger partial charge in [0, 0.05) is 25.4 Å². The highest BCUT2D eigenvalue weighted by Crippen LogP contribution is 2.15. The van der Waals surface area contributed by atoms with Gasteiger partial charge < -0.3 is 10.0 Å². The molecule has 1 N–H and O–H groups in total. The molecular weight excluding hydrogens is 154 g/mol.